The lowest BCUT2D eigenvalue weighted by Crippen LogP contribution is -2.25. The summed E-state index contributed by atoms with van der Waals surface area (Å²) in [6, 6.07) is 3.98. The molecule has 16 heavy (non-hydrogen) atoms. The van der Waals surface area contributed by atoms with Crippen LogP contribution in [0.5, 0.6) is 0 Å². The van der Waals surface area contributed by atoms with Gasteiger partial charge >= 0.3 is 0 Å². The molecule has 0 bridgehead atoms. The molecule has 0 aliphatic heterocycles. The van der Waals surface area contributed by atoms with Crippen molar-refractivity contribution in [3.05, 3.63) is 23.9 Å². The van der Waals surface area contributed by atoms with E-state index in [9.17, 15) is 0 Å². The molecular weight excluding hydrogens is 200 g/mol. The number of hydrazine groups is 1. The molecule has 0 fully saturated rings. The van der Waals surface area contributed by atoms with E-state index in [4.69, 9.17) is 5.84 Å². The number of hydrogen-bond acceptors (Lipinski definition) is 4. The molecule has 1 heterocycles. The Morgan fingerprint density at radius 1 is 1.25 bits per heavy atom. The Balaban J connectivity index is 2.54. The zero-order valence-electron chi connectivity index (χ0n) is 10.2. The van der Waals surface area contributed by atoms with Gasteiger partial charge in [-0.05, 0) is 37.6 Å². The van der Waals surface area contributed by atoms with Gasteiger partial charge in [0.2, 0.25) is 0 Å². The second-order valence-corrected chi connectivity index (χ2v) is 3.97. The number of anilines is 1. The molecule has 0 radical (unpaired) electrons. The van der Waals surface area contributed by atoms with Crippen molar-refractivity contribution in [1.29, 1.82) is 0 Å². The van der Waals surface area contributed by atoms with Gasteiger partial charge in [0.25, 0.3) is 0 Å². The van der Waals surface area contributed by atoms with Gasteiger partial charge in [0, 0.05) is 12.7 Å². The normalized spacial score (nSPS) is 10.8. The van der Waals surface area contributed by atoms with Crippen LogP contribution in [-0.2, 0) is 6.54 Å². The fourth-order valence-corrected chi connectivity index (χ4v) is 1.76. The number of nitrogens with zero attached hydrogens (tertiary/aromatic N) is 2. The van der Waals surface area contributed by atoms with Crippen molar-refractivity contribution in [2.24, 2.45) is 5.84 Å². The summed E-state index contributed by atoms with van der Waals surface area (Å²) in [6.07, 6.45) is 4.26. The quantitative estimate of drug-likeness (QED) is 0.547. The highest BCUT2D eigenvalue weighted by Gasteiger charge is 2.04. The van der Waals surface area contributed by atoms with Crippen molar-refractivity contribution in [3.8, 4) is 0 Å². The van der Waals surface area contributed by atoms with Gasteiger partial charge in [-0.1, -0.05) is 19.9 Å². The van der Waals surface area contributed by atoms with E-state index in [2.05, 4.69) is 35.2 Å². The zero-order chi connectivity index (χ0) is 11.8. The van der Waals surface area contributed by atoms with Crippen LogP contribution < -0.4 is 11.3 Å². The summed E-state index contributed by atoms with van der Waals surface area (Å²) in [5.41, 5.74) is 3.77. The molecule has 0 aromatic carbocycles. The summed E-state index contributed by atoms with van der Waals surface area (Å²) in [6.45, 7) is 7.68. The number of hydrogen-bond donors (Lipinski definition) is 2. The van der Waals surface area contributed by atoms with Gasteiger partial charge in [-0.3, -0.25) is 4.90 Å². The highest BCUT2D eigenvalue weighted by molar-refractivity contribution is 5.33. The van der Waals surface area contributed by atoms with Crippen LogP contribution in [0.1, 0.15) is 32.3 Å². The smallest absolute Gasteiger partial charge is 0.139 e. The third-order valence-electron chi connectivity index (χ3n) is 2.46. The number of pyridine rings is 1. The lowest BCUT2D eigenvalue weighted by molar-refractivity contribution is 0.266. The number of nitrogens with one attached hydrogen (secondary N) is 1. The largest absolute Gasteiger partial charge is 0.308 e. The first kappa shape index (κ1) is 12.9. The molecular formula is C12H22N4. The Morgan fingerprint density at radius 3 is 2.38 bits per heavy atom. The van der Waals surface area contributed by atoms with Gasteiger partial charge in [-0.15, -0.1) is 0 Å². The van der Waals surface area contributed by atoms with Crippen LogP contribution in [0, 0.1) is 0 Å². The standard InChI is InChI=1S/C12H22N4/c1-3-7-16(8-4-2)10-11-5-6-12(15-13)14-9-11/h5-6,9H,3-4,7-8,10,13H2,1-2H3,(H,14,15). The predicted molar refractivity (Wildman–Crippen MR) is 67.9 cm³/mol. The van der Waals surface area contributed by atoms with Crippen molar-refractivity contribution in [2.75, 3.05) is 18.5 Å². The lowest BCUT2D eigenvalue weighted by atomic mass is 10.2. The molecule has 0 saturated heterocycles. The van der Waals surface area contributed by atoms with E-state index in [-0.39, 0.29) is 0 Å². The van der Waals surface area contributed by atoms with Crippen LogP contribution in [0.25, 0.3) is 0 Å². The van der Waals surface area contributed by atoms with Gasteiger partial charge in [0.15, 0.2) is 0 Å². The SMILES string of the molecule is CCCN(CCC)Cc1ccc(NN)nc1. The summed E-state index contributed by atoms with van der Waals surface area (Å²) in [7, 11) is 0. The summed E-state index contributed by atoms with van der Waals surface area (Å²) in [5, 5.41) is 0. The Morgan fingerprint density at radius 2 is 1.94 bits per heavy atom. The van der Waals surface area contributed by atoms with E-state index < -0.39 is 0 Å². The first-order valence-corrected chi connectivity index (χ1v) is 5.94. The van der Waals surface area contributed by atoms with E-state index in [1.54, 1.807) is 0 Å². The monoisotopic (exact) mass is 222 g/mol. The van der Waals surface area contributed by atoms with Crippen LogP contribution in [0.4, 0.5) is 5.82 Å². The summed E-state index contributed by atoms with van der Waals surface area (Å²) in [5.74, 6) is 5.98. The average molecular weight is 222 g/mol. The molecule has 0 aliphatic carbocycles. The molecule has 4 heteroatoms. The second kappa shape index (κ2) is 7.19. The maximum atomic E-state index is 5.27. The molecule has 1 rings (SSSR count). The molecule has 0 saturated carbocycles. The van der Waals surface area contributed by atoms with E-state index in [0.29, 0.717) is 5.82 Å². The molecule has 0 amide bonds. The van der Waals surface area contributed by atoms with Crippen LogP contribution in [-0.4, -0.2) is 23.0 Å². The molecule has 3 N–H and O–H groups in total. The zero-order valence-corrected chi connectivity index (χ0v) is 10.2. The summed E-state index contributed by atoms with van der Waals surface area (Å²) >= 11 is 0. The molecule has 0 aliphatic rings. The van der Waals surface area contributed by atoms with Gasteiger partial charge in [-0.25, -0.2) is 10.8 Å². The minimum absolute atomic E-state index is 0.710. The summed E-state index contributed by atoms with van der Waals surface area (Å²) < 4.78 is 0. The average Bonchev–Trinajstić information content (AvgIpc) is 2.31. The van der Waals surface area contributed by atoms with Crippen LogP contribution >= 0.6 is 0 Å². The fourth-order valence-electron chi connectivity index (χ4n) is 1.76. The Labute approximate surface area is 97.8 Å². The van der Waals surface area contributed by atoms with E-state index in [1.165, 1.54) is 18.4 Å². The topological polar surface area (TPSA) is 54.2 Å². The van der Waals surface area contributed by atoms with Crippen LogP contribution in [0.15, 0.2) is 18.3 Å². The van der Waals surface area contributed by atoms with Crippen LogP contribution in [0.3, 0.4) is 0 Å². The van der Waals surface area contributed by atoms with Crippen molar-refractivity contribution in [3.63, 3.8) is 0 Å². The molecule has 1 aromatic heterocycles. The highest BCUT2D eigenvalue weighted by atomic mass is 15.2. The third-order valence-corrected chi connectivity index (χ3v) is 2.46. The summed E-state index contributed by atoms with van der Waals surface area (Å²) in [4.78, 5) is 6.66. The van der Waals surface area contributed by atoms with Crippen molar-refractivity contribution in [2.45, 2.75) is 33.2 Å². The Kier molecular flexibility index (Phi) is 5.82. The van der Waals surface area contributed by atoms with Crippen molar-refractivity contribution in [1.82, 2.24) is 9.88 Å². The van der Waals surface area contributed by atoms with Gasteiger partial charge < -0.3 is 5.43 Å². The first-order valence-electron chi connectivity index (χ1n) is 5.94. The van der Waals surface area contributed by atoms with Gasteiger partial charge in [0.1, 0.15) is 5.82 Å². The van der Waals surface area contributed by atoms with Gasteiger partial charge in [-0.2, -0.15) is 0 Å². The second-order valence-electron chi connectivity index (χ2n) is 3.97. The van der Waals surface area contributed by atoms with E-state index in [0.717, 1.165) is 19.6 Å². The van der Waals surface area contributed by atoms with Crippen molar-refractivity contribution >= 4 is 5.82 Å². The molecule has 0 atom stereocenters. The van der Waals surface area contributed by atoms with E-state index >= 15 is 0 Å². The van der Waals surface area contributed by atoms with Crippen molar-refractivity contribution < 1.29 is 0 Å². The lowest BCUT2D eigenvalue weighted by Gasteiger charge is -2.20. The van der Waals surface area contributed by atoms with Crippen LogP contribution in [0.2, 0.25) is 0 Å². The highest BCUT2D eigenvalue weighted by Crippen LogP contribution is 2.07. The van der Waals surface area contributed by atoms with Gasteiger partial charge in [0.05, 0.1) is 0 Å². The molecule has 1 aromatic rings. The molecule has 0 unspecified atom stereocenters. The number of aromatic nitrogens is 1. The molecule has 90 valence electrons. The fraction of sp³-hybridized carbons (Fsp3) is 0.583. The number of nitrogens with two attached hydrogens (primary N) is 1. The number of rotatable bonds is 7. The predicted octanol–water partition coefficient (Wildman–Crippen LogP) is 1.99. The minimum atomic E-state index is 0.710. The third kappa shape index (κ3) is 4.16. The molecule has 0 spiro atoms. The first-order chi connectivity index (χ1) is 7.80. The maximum absolute atomic E-state index is 5.27. The number of nitrogen functional groups attached to an aromatic ring is 1. The maximum Gasteiger partial charge on any atom is 0.139 e. The molecule has 4 nitrogen and oxygen atoms in total. The van der Waals surface area contributed by atoms with E-state index in [1.807, 2.05) is 12.3 Å². The minimum Gasteiger partial charge on any atom is -0.308 e. The Bertz CT molecular complexity index is 278. The Hall–Kier alpha value is -1.13.